The van der Waals surface area contributed by atoms with E-state index in [0.29, 0.717) is 6.42 Å². The fraction of sp³-hybridized carbons (Fsp3) is 0.833. The van der Waals surface area contributed by atoms with Crippen LogP contribution in [0.15, 0.2) is 0 Å². The Morgan fingerprint density at radius 1 is 1.56 bits per heavy atom. The highest BCUT2D eigenvalue weighted by atomic mass is 16.3. The lowest BCUT2D eigenvalue weighted by Crippen LogP contribution is -2.41. The lowest BCUT2D eigenvalue weighted by atomic mass is 9.92. The summed E-state index contributed by atoms with van der Waals surface area (Å²) in [6.45, 7) is 0. The van der Waals surface area contributed by atoms with Crippen molar-refractivity contribution in [1.29, 1.82) is 0 Å². The average molecular weight is 129 g/mol. The van der Waals surface area contributed by atoms with Crippen LogP contribution in [-0.4, -0.2) is 23.0 Å². The molecule has 0 heterocycles. The molecule has 3 nitrogen and oxygen atoms in total. The van der Waals surface area contributed by atoms with Gasteiger partial charge >= 0.3 is 0 Å². The van der Waals surface area contributed by atoms with E-state index in [9.17, 15) is 4.79 Å². The van der Waals surface area contributed by atoms with Gasteiger partial charge in [-0.2, -0.15) is 0 Å². The van der Waals surface area contributed by atoms with Crippen LogP contribution in [0.5, 0.6) is 0 Å². The first kappa shape index (κ1) is 6.71. The molecule has 0 bridgehead atoms. The minimum absolute atomic E-state index is 0.193. The number of aliphatic hydroxyl groups excluding tert-OH is 1. The van der Waals surface area contributed by atoms with Crippen molar-refractivity contribution in [2.75, 3.05) is 0 Å². The molecule has 1 aliphatic carbocycles. The molecule has 1 saturated carbocycles. The molecule has 0 spiro atoms. The fourth-order valence-corrected chi connectivity index (χ4v) is 1.06. The molecule has 0 aromatic heterocycles. The third kappa shape index (κ3) is 1.28. The number of carbonyl (C=O) groups is 1. The van der Waals surface area contributed by atoms with Crippen LogP contribution in [0.3, 0.4) is 0 Å². The van der Waals surface area contributed by atoms with Crippen molar-refractivity contribution in [2.24, 2.45) is 5.73 Å². The van der Waals surface area contributed by atoms with Gasteiger partial charge in [0.05, 0.1) is 6.04 Å². The second-order valence-electron chi connectivity index (χ2n) is 2.46. The molecule has 1 rings (SSSR count). The van der Waals surface area contributed by atoms with Gasteiger partial charge in [-0.3, -0.25) is 4.79 Å². The van der Waals surface area contributed by atoms with Crippen LogP contribution >= 0.6 is 0 Å². The van der Waals surface area contributed by atoms with E-state index in [4.69, 9.17) is 10.8 Å². The minimum atomic E-state index is -0.784. The van der Waals surface area contributed by atoms with Crippen LogP contribution in [0.2, 0.25) is 0 Å². The molecule has 3 heteroatoms. The minimum Gasteiger partial charge on any atom is -0.385 e. The molecule has 1 fully saturated rings. The quantitative estimate of drug-likeness (QED) is 0.460. The van der Waals surface area contributed by atoms with Gasteiger partial charge < -0.3 is 10.8 Å². The summed E-state index contributed by atoms with van der Waals surface area (Å²) in [5, 5.41) is 8.92. The summed E-state index contributed by atoms with van der Waals surface area (Å²) < 4.78 is 0. The molecule has 0 aliphatic heterocycles. The summed E-state index contributed by atoms with van der Waals surface area (Å²) in [5.41, 5.74) is 5.36. The molecule has 2 atom stereocenters. The van der Waals surface area contributed by atoms with E-state index >= 15 is 0 Å². The monoisotopic (exact) mass is 129 g/mol. The van der Waals surface area contributed by atoms with Gasteiger partial charge in [0.25, 0.3) is 0 Å². The van der Waals surface area contributed by atoms with Crippen LogP contribution in [0.4, 0.5) is 0 Å². The maximum Gasteiger partial charge on any atom is 0.177 e. The summed E-state index contributed by atoms with van der Waals surface area (Å²) in [6, 6.07) is -0.409. The number of carbonyl (C=O) groups excluding carboxylic acids is 1. The molecule has 9 heavy (non-hydrogen) atoms. The second-order valence-corrected chi connectivity index (χ2v) is 2.46. The summed E-state index contributed by atoms with van der Waals surface area (Å²) in [6.07, 6.45) is 1.41. The van der Waals surface area contributed by atoms with Gasteiger partial charge in [0, 0.05) is 0 Å². The highest BCUT2D eigenvalue weighted by Gasteiger charge is 2.26. The number of hydrogen-bond acceptors (Lipinski definition) is 3. The van der Waals surface area contributed by atoms with E-state index in [0.717, 1.165) is 12.8 Å². The number of aliphatic hydroxyl groups is 1. The molecule has 0 aromatic rings. The van der Waals surface area contributed by atoms with E-state index in [1.807, 2.05) is 0 Å². The van der Waals surface area contributed by atoms with Gasteiger partial charge in [-0.15, -0.1) is 0 Å². The molecule has 0 radical (unpaired) electrons. The van der Waals surface area contributed by atoms with Crippen LogP contribution in [0, 0.1) is 0 Å². The molecule has 0 saturated heterocycles. The third-order valence-corrected chi connectivity index (χ3v) is 1.69. The van der Waals surface area contributed by atoms with Gasteiger partial charge in [0.15, 0.2) is 5.78 Å². The standard InChI is InChI=1S/C6H11NO2/c7-4-2-1-3-5(8)6(4)9/h4-5,8H,1-3,7H2/t4-,5+/m1/s1. The Morgan fingerprint density at radius 2 is 2.22 bits per heavy atom. The third-order valence-electron chi connectivity index (χ3n) is 1.69. The van der Waals surface area contributed by atoms with Gasteiger partial charge in [-0.05, 0) is 19.3 Å². The Morgan fingerprint density at radius 3 is 2.67 bits per heavy atom. The van der Waals surface area contributed by atoms with Crippen molar-refractivity contribution in [3.8, 4) is 0 Å². The van der Waals surface area contributed by atoms with Crippen molar-refractivity contribution in [1.82, 2.24) is 0 Å². The summed E-state index contributed by atoms with van der Waals surface area (Å²) in [4.78, 5) is 10.8. The molecule has 52 valence electrons. The number of ketones is 1. The topological polar surface area (TPSA) is 63.3 Å². The first-order valence-electron chi connectivity index (χ1n) is 3.19. The second kappa shape index (κ2) is 2.45. The van der Waals surface area contributed by atoms with Crippen LogP contribution in [0.1, 0.15) is 19.3 Å². The van der Waals surface area contributed by atoms with E-state index in [1.54, 1.807) is 0 Å². The zero-order valence-corrected chi connectivity index (χ0v) is 5.21. The Labute approximate surface area is 53.9 Å². The van der Waals surface area contributed by atoms with Crippen molar-refractivity contribution in [3.05, 3.63) is 0 Å². The van der Waals surface area contributed by atoms with Gasteiger partial charge in [-0.1, -0.05) is 0 Å². The molecular weight excluding hydrogens is 118 g/mol. The lowest BCUT2D eigenvalue weighted by molar-refractivity contribution is -0.130. The summed E-state index contributed by atoms with van der Waals surface area (Å²) in [5.74, 6) is -0.193. The molecular formula is C6H11NO2. The normalized spacial score (nSPS) is 36.9. The number of nitrogens with two attached hydrogens (primary N) is 1. The summed E-state index contributed by atoms with van der Waals surface area (Å²) in [7, 11) is 0. The van der Waals surface area contributed by atoms with Crippen LogP contribution in [-0.2, 0) is 4.79 Å². The van der Waals surface area contributed by atoms with E-state index < -0.39 is 12.1 Å². The van der Waals surface area contributed by atoms with E-state index in [2.05, 4.69) is 0 Å². The predicted octanol–water partition coefficient (Wildman–Crippen LogP) is -0.572. The van der Waals surface area contributed by atoms with Crippen molar-refractivity contribution in [2.45, 2.75) is 31.4 Å². The average Bonchev–Trinajstić information content (AvgIpc) is 1.83. The van der Waals surface area contributed by atoms with Crippen molar-refractivity contribution in [3.63, 3.8) is 0 Å². The van der Waals surface area contributed by atoms with Crippen LogP contribution < -0.4 is 5.73 Å². The number of rotatable bonds is 0. The lowest BCUT2D eigenvalue weighted by Gasteiger charge is -2.20. The van der Waals surface area contributed by atoms with Crippen LogP contribution in [0.25, 0.3) is 0 Å². The number of hydrogen-bond donors (Lipinski definition) is 2. The Hall–Kier alpha value is -0.410. The first-order chi connectivity index (χ1) is 4.22. The maximum atomic E-state index is 10.8. The zero-order valence-electron chi connectivity index (χ0n) is 5.21. The Kier molecular flexibility index (Phi) is 1.83. The first-order valence-corrected chi connectivity index (χ1v) is 3.19. The molecule has 0 unspecified atom stereocenters. The molecule has 3 N–H and O–H groups in total. The zero-order chi connectivity index (χ0) is 6.85. The maximum absolute atomic E-state index is 10.8. The van der Waals surface area contributed by atoms with Crippen molar-refractivity contribution >= 4 is 5.78 Å². The highest BCUT2D eigenvalue weighted by molar-refractivity contribution is 5.88. The van der Waals surface area contributed by atoms with E-state index in [1.165, 1.54) is 0 Å². The summed E-state index contributed by atoms with van der Waals surface area (Å²) >= 11 is 0. The van der Waals surface area contributed by atoms with E-state index in [-0.39, 0.29) is 5.78 Å². The SMILES string of the molecule is N[C@@H]1CCC[C@H](O)C1=O. The highest BCUT2D eigenvalue weighted by Crippen LogP contribution is 2.12. The Balaban J connectivity index is 2.52. The molecule has 0 amide bonds. The van der Waals surface area contributed by atoms with Gasteiger partial charge in [-0.25, -0.2) is 0 Å². The molecule has 1 aliphatic rings. The fourth-order valence-electron chi connectivity index (χ4n) is 1.06. The van der Waals surface area contributed by atoms with Gasteiger partial charge in [0.2, 0.25) is 0 Å². The Bertz CT molecular complexity index is 112. The largest absolute Gasteiger partial charge is 0.385 e. The predicted molar refractivity (Wildman–Crippen MR) is 32.8 cm³/mol. The van der Waals surface area contributed by atoms with Crippen molar-refractivity contribution < 1.29 is 9.90 Å². The van der Waals surface area contributed by atoms with Gasteiger partial charge in [0.1, 0.15) is 6.10 Å². The molecule has 0 aromatic carbocycles. The smallest absolute Gasteiger partial charge is 0.177 e. The number of Topliss-reactive ketones (excluding diaryl/α,β-unsaturated/α-hetero) is 1.